The minimum Gasteiger partial charge on any atom is -0.496 e. The lowest BCUT2D eigenvalue weighted by atomic mass is 9.63. The average Bonchev–Trinajstić information content (AvgIpc) is 2.72. The Kier molecular flexibility index (Phi) is 5.24. The predicted octanol–water partition coefficient (Wildman–Crippen LogP) is 4.38. The van der Waals surface area contributed by atoms with E-state index in [0.717, 1.165) is 4.68 Å². The molecule has 3 aromatic rings. The second kappa shape index (κ2) is 7.48. The molecule has 6 nitrogen and oxygen atoms in total. The molecule has 0 bridgehead atoms. The average molecular weight is 461 g/mol. The first-order chi connectivity index (χ1) is 15.3. The van der Waals surface area contributed by atoms with E-state index in [0.29, 0.717) is 27.6 Å². The van der Waals surface area contributed by atoms with Crippen LogP contribution < -0.4 is 15.6 Å². The molecule has 0 fully saturated rings. The fraction of sp³-hybridized carbons (Fsp3) is 0.417. The Morgan fingerprint density at radius 1 is 1.21 bits per heavy atom. The third-order valence-electron chi connectivity index (χ3n) is 6.40. The van der Waals surface area contributed by atoms with Crippen LogP contribution >= 0.6 is 0 Å². The van der Waals surface area contributed by atoms with Gasteiger partial charge in [0.2, 0.25) is 0 Å². The molecule has 0 aliphatic heterocycles. The molecule has 176 valence electrons. The second-order valence-electron chi connectivity index (χ2n) is 9.31. The number of halogens is 3. The maximum Gasteiger partial charge on any atom is 0.419 e. The van der Waals surface area contributed by atoms with Gasteiger partial charge < -0.3 is 15.2 Å². The van der Waals surface area contributed by atoms with E-state index in [4.69, 9.17) is 4.74 Å². The van der Waals surface area contributed by atoms with Gasteiger partial charge in [-0.25, -0.2) is 4.68 Å². The number of rotatable bonds is 3. The topological polar surface area (TPSA) is 76.4 Å². The van der Waals surface area contributed by atoms with Gasteiger partial charge in [0.25, 0.3) is 5.56 Å². The summed E-state index contributed by atoms with van der Waals surface area (Å²) in [6.45, 7) is 5.08. The first-order valence-corrected chi connectivity index (χ1v) is 10.5. The predicted molar refractivity (Wildman–Crippen MR) is 120 cm³/mol. The molecule has 1 aliphatic rings. The molecule has 2 unspecified atom stereocenters. The standard InChI is InChI=1S/C24H26F3N3O3/c1-13-10-16-18(17(11-13)33-5)22(2,3)12-23(32,24(25,26)27)19(16)28-20-14-8-6-7-9-15(14)21(31)30(4)29-20/h6-11,19,32H,12H2,1-5H3,(H,28,29). The van der Waals surface area contributed by atoms with Crippen LogP contribution in [0.1, 0.15) is 43.0 Å². The van der Waals surface area contributed by atoms with Crippen LogP contribution in [0, 0.1) is 6.92 Å². The van der Waals surface area contributed by atoms with Crippen molar-refractivity contribution < 1.29 is 23.0 Å². The van der Waals surface area contributed by atoms with Crippen molar-refractivity contribution in [3.05, 3.63) is 63.4 Å². The van der Waals surface area contributed by atoms with E-state index in [2.05, 4.69) is 10.4 Å². The van der Waals surface area contributed by atoms with Gasteiger partial charge in [0.15, 0.2) is 11.4 Å². The zero-order chi connectivity index (χ0) is 24.3. The summed E-state index contributed by atoms with van der Waals surface area (Å²) in [5, 5.41) is 19.0. The third-order valence-corrected chi connectivity index (χ3v) is 6.40. The lowest BCUT2D eigenvalue weighted by Crippen LogP contribution is -2.58. The lowest BCUT2D eigenvalue weighted by Gasteiger charge is -2.49. The molecule has 2 atom stereocenters. The van der Waals surface area contributed by atoms with Crippen molar-refractivity contribution in [2.75, 3.05) is 12.4 Å². The van der Waals surface area contributed by atoms with E-state index < -0.39 is 29.7 Å². The number of methoxy groups -OCH3 is 1. The van der Waals surface area contributed by atoms with Gasteiger partial charge in [-0.2, -0.15) is 18.3 Å². The summed E-state index contributed by atoms with van der Waals surface area (Å²) in [5.74, 6) is 0.538. The Bertz CT molecular complexity index is 1300. The van der Waals surface area contributed by atoms with Gasteiger partial charge in [0.1, 0.15) is 5.75 Å². The molecular weight excluding hydrogens is 435 g/mol. The van der Waals surface area contributed by atoms with Crippen molar-refractivity contribution in [2.45, 2.75) is 50.4 Å². The summed E-state index contributed by atoms with van der Waals surface area (Å²) < 4.78 is 50.0. The fourth-order valence-corrected chi connectivity index (χ4v) is 5.02. The van der Waals surface area contributed by atoms with E-state index in [9.17, 15) is 23.1 Å². The van der Waals surface area contributed by atoms with Crippen molar-refractivity contribution in [1.82, 2.24) is 9.78 Å². The second-order valence-corrected chi connectivity index (χ2v) is 9.31. The molecule has 33 heavy (non-hydrogen) atoms. The zero-order valence-corrected chi connectivity index (χ0v) is 19.0. The van der Waals surface area contributed by atoms with E-state index >= 15 is 0 Å². The highest BCUT2D eigenvalue weighted by atomic mass is 19.4. The van der Waals surface area contributed by atoms with Crippen LogP contribution in [0.2, 0.25) is 0 Å². The maximum absolute atomic E-state index is 14.5. The first kappa shape index (κ1) is 23.1. The van der Waals surface area contributed by atoms with Crippen LogP contribution in [0.25, 0.3) is 10.8 Å². The summed E-state index contributed by atoms with van der Waals surface area (Å²) >= 11 is 0. The molecule has 0 saturated heterocycles. The number of aliphatic hydroxyl groups is 1. The van der Waals surface area contributed by atoms with Gasteiger partial charge in [0, 0.05) is 18.0 Å². The van der Waals surface area contributed by atoms with Gasteiger partial charge in [-0.05, 0) is 42.0 Å². The number of aromatic nitrogens is 2. The van der Waals surface area contributed by atoms with Crippen molar-refractivity contribution >= 4 is 16.6 Å². The van der Waals surface area contributed by atoms with Crippen molar-refractivity contribution in [3.8, 4) is 5.75 Å². The molecule has 1 aliphatic carbocycles. The number of nitrogens with zero attached hydrogens (tertiary/aromatic N) is 2. The summed E-state index contributed by atoms with van der Waals surface area (Å²) in [7, 11) is 2.90. The molecular formula is C24H26F3N3O3. The van der Waals surface area contributed by atoms with E-state index in [1.54, 1.807) is 57.2 Å². The number of anilines is 1. The third kappa shape index (κ3) is 3.55. The summed E-state index contributed by atoms with van der Waals surface area (Å²) in [6.07, 6.45) is -5.52. The molecule has 0 spiro atoms. The largest absolute Gasteiger partial charge is 0.496 e. The Morgan fingerprint density at radius 3 is 2.45 bits per heavy atom. The minimum atomic E-state index is -4.94. The summed E-state index contributed by atoms with van der Waals surface area (Å²) in [6, 6.07) is 8.38. The van der Waals surface area contributed by atoms with E-state index in [-0.39, 0.29) is 16.9 Å². The molecule has 0 saturated carbocycles. The summed E-state index contributed by atoms with van der Waals surface area (Å²) in [5.41, 5.74) is -2.93. The number of benzene rings is 2. The van der Waals surface area contributed by atoms with Crippen LogP contribution in [0.4, 0.5) is 19.0 Å². The number of nitrogens with one attached hydrogen (secondary N) is 1. The molecule has 4 rings (SSSR count). The highest BCUT2D eigenvalue weighted by Crippen LogP contribution is 2.56. The van der Waals surface area contributed by atoms with Gasteiger partial charge in [0.05, 0.1) is 18.5 Å². The number of aryl methyl sites for hydroxylation is 2. The lowest BCUT2D eigenvalue weighted by molar-refractivity contribution is -0.276. The molecule has 1 heterocycles. The molecule has 2 aromatic carbocycles. The SMILES string of the molecule is COc1cc(C)cc2c1C(C)(C)CC(O)(C(F)(F)F)C2Nc1nn(C)c(=O)c2ccccc12. The van der Waals surface area contributed by atoms with Crippen molar-refractivity contribution in [2.24, 2.45) is 7.05 Å². The maximum atomic E-state index is 14.5. The van der Waals surface area contributed by atoms with Gasteiger partial charge in [-0.3, -0.25) is 4.79 Å². The smallest absolute Gasteiger partial charge is 0.419 e. The van der Waals surface area contributed by atoms with Crippen LogP contribution in [0.15, 0.2) is 41.2 Å². The Labute approximate surface area is 189 Å². The number of alkyl halides is 3. The monoisotopic (exact) mass is 461 g/mol. The normalized spacial score (nSPS) is 22.2. The molecule has 0 radical (unpaired) electrons. The van der Waals surface area contributed by atoms with Gasteiger partial charge in [-0.1, -0.05) is 38.1 Å². The molecule has 1 aromatic heterocycles. The quantitative estimate of drug-likeness (QED) is 0.606. The number of hydrogen-bond donors (Lipinski definition) is 2. The highest BCUT2D eigenvalue weighted by Gasteiger charge is 2.64. The number of fused-ring (bicyclic) bond motifs is 2. The Morgan fingerprint density at radius 2 is 1.85 bits per heavy atom. The Hall–Kier alpha value is -3.07. The fourth-order valence-electron chi connectivity index (χ4n) is 5.02. The Balaban J connectivity index is 2.02. The van der Waals surface area contributed by atoms with E-state index in [1.165, 1.54) is 14.2 Å². The number of ether oxygens (including phenoxy) is 1. The van der Waals surface area contributed by atoms with Gasteiger partial charge >= 0.3 is 6.18 Å². The molecule has 0 amide bonds. The first-order valence-electron chi connectivity index (χ1n) is 10.5. The molecule has 2 N–H and O–H groups in total. The van der Waals surface area contributed by atoms with Crippen LogP contribution in [-0.4, -0.2) is 33.8 Å². The highest BCUT2D eigenvalue weighted by molar-refractivity contribution is 5.91. The van der Waals surface area contributed by atoms with Crippen LogP contribution in [0.3, 0.4) is 0 Å². The summed E-state index contributed by atoms with van der Waals surface area (Å²) in [4.78, 5) is 12.5. The van der Waals surface area contributed by atoms with Crippen LogP contribution in [0.5, 0.6) is 5.75 Å². The molecule has 9 heteroatoms. The number of hydrogen-bond acceptors (Lipinski definition) is 5. The zero-order valence-electron chi connectivity index (χ0n) is 19.0. The van der Waals surface area contributed by atoms with Crippen molar-refractivity contribution in [1.29, 1.82) is 0 Å². The van der Waals surface area contributed by atoms with Crippen LogP contribution in [-0.2, 0) is 12.5 Å². The minimum absolute atomic E-state index is 0.0755. The van der Waals surface area contributed by atoms with E-state index in [1.807, 2.05) is 0 Å². The van der Waals surface area contributed by atoms with Crippen molar-refractivity contribution in [3.63, 3.8) is 0 Å². The van der Waals surface area contributed by atoms with Gasteiger partial charge in [-0.15, -0.1) is 0 Å².